The van der Waals surface area contributed by atoms with Gasteiger partial charge in [-0.05, 0) is 38.4 Å². The Bertz CT molecular complexity index is 345. The number of hydrogen-bond acceptors (Lipinski definition) is 4. The number of rotatable bonds is 5. The number of likely N-dealkylation sites (N-methyl/N-ethyl adjacent to an activating group) is 1. The van der Waals surface area contributed by atoms with E-state index in [9.17, 15) is 0 Å². The van der Waals surface area contributed by atoms with Crippen LogP contribution < -0.4 is 15.0 Å². The second-order valence-electron chi connectivity index (χ2n) is 4.88. The Labute approximate surface area is 110 Å². The number of ether oxygens (including phenoxy) is 1. The van der Waals surface area contributed by atoms with Gasteiger partial charge in [-0.1, -0.05) is 0 Å². The van der Waals surface area contributed by atoms with Crippen molar-refractivity contribution in [2.45, 2.75) is 0 Å². The van der Waals surface area contributed by atoms with Crippen molar-refractivity contribution in [1.82, 2.24) is 10.2 Å². The zero-order valence-corrected chi connectivity index (χ0v) is 11.4. The van der Waals surface area contributed by atoms with Crippen molar-refractivity contribution in [2.24, 2.45) is 0 Å². The molecule has 18 heavy (non-hydrogen) atoms. The molecule has 0 unspecified atom stereocenters. The van der Waals surface area contributed by atoms with Crippen LogP contribution in [0.4, 0.5) is 5.69 Å². The summed E-state index contributed by atoms with van der Waals surface area (Å²) in [5.74, 6) is 0.954. The molecule has 1 N–H and O–H groups in total. The highest BCUT2D eigenvalue weighted by molar-refractivity contribution is 5.49. The van der Waals surface area contributed by atoms with Gasteiger partial charge in [-0.2, -0.15) is 0 Å². The fourth-order valence-corrected chi connectivity index (χ4v) is 2.02. The Morgan fingerprint density at radius 1 is 1.17 bits per heavy atom. The second kappa shape index (κ2) is 6.61. The Hall–Kier alpha value is -1.26. The molecule has 1 aromatic rings. The molecule has 0 radical (unpaired) electrons. The van der Waals surface area contributed by atoms with Gasteiger partial charge in [0.05, 0.1) is 0 Å². The standard InChI is InChI=1S/C14H23N3O/c1-16(2)11-12-18-14-5-3-13(4-6-14)17-9-7-15-8-10-17/h3-6,15H,7-12H2,1-2H3. The highest BCUT2D eigenvalue weighted by Gasteiger charge is 2.09. The van der Waals surface area contributed by atoms with Crippen LogP contribution in [0.5, 0.6) is 5.75 Å². The number of benzene rings is 1. The lowest BCUT2D eigenvalue weighted by molar-refractivity contribution is 0.261. The summed E-state index contributed by atoms with van der Waals surface area (Å²) in [6.07, 6.45) is 0. The van der Waals surface area contributed by atoms with Gasteiger partial charge in [-0.15, -0.1) is 0 Å². The molecular weight excluding hydrogens is 226 g/mol. The van der Waals surface area contributed by atoms with Crippen LogP contribution in [0.1, 0.15) is 0 Å². The van der Waals surface area contributed by atoms with E-state index >= 15 is 0 Å². The van der Waals surface area contributed by atoms with E-state index in [1.165, 1.54) is 5.69 Å². The van der Waals surface area contributed by atoms with E-state index in [2.05, 4.69) is 53.5 Å². The van der Waals surface area contributed by atoms with Crippen molar-refractivity contribution in [3.05, 3.63) is 24.3 Å². The third kappa shape index (κ3) is 3.89. The van der Waals surface area contributed by atoms with Crippen molar-refractivity contribution in [3.63, 3.8) is 0 Å². The van der Waals surface area contributed by atoms with Gasteiger partial charge in [-0.25, -0.2) is 0 Å². The predicted octanol–water partition coefficient (Wildman–Crippen LogP) is 1.04. The van der Waals surface area contributed by atoms with Gasteiger partial charge in [0.2, 0.25) is 0 Å². The minimum atomic E-state index is 0.736. The number of anilines is 1. The molecule has 1 aliphatic heterocycles. The van der Waals surface area contributed by atoms with Crippen LogP contribution in [0.15, 0.2) is 24.3 Å². The molecule has 0 aromatic heterocycles. The smallest absolute Gasteiger partial charge is 0.119 e. The van der Waals surface area contributed by atoms with Gasteiger partial charge in [0.25, 0.3) is 0 Å². The summed E-state index contributed by atoms with van der Waals surface area (Å²) >= 11 is 0. The average molecular weight is 249 g/mol. The van der Waals surface area contributed by atoms with E-state index in [0.29, 0.717) is 0 Å². The van der Waals surface area contributed by atoms with Crippen LogP contribution in [0.25, 0.3) is 0 Å². The van der Waals surface area contributed by atoms with Crippen molar-refractivity contribution in [3.8, 4) is 5.75 Å². The summed E-state index contributed by atoms with van der Waals surface area (Å²) in [7, 11) is 4.10. The van der Waals surface area contributed by atoms with Crippen LogP contribution in [0.2, 0.25) is 0 Å². The van der Waals surface area contributed by atoms with Gasteiger partial charge in [0, 0.05) is 38.4 Å². The van der Waals surface area contributed by atoms with Crippen molar-refractivity contribution >= 4 is 5.69 Å². The lowest BCUT2D eigenvalue weighted by Crippen LogP contribution is -2.43. The van der Waals surface area contributed by atoms with Gasteiger partial charge >= 0.3 is 0 Å². The molecular formula is C14H23N3O. The van der Waals surface area contributed by atoms with E-state index in [-0.39, 0.29) is 0 Å². The zero-order valence-electron chi connectivity index (χ0n) is 11.4. The van der Waals surface area contributed by atoms with Gasteiger partial charge in [0.15, 0.2) is 0 Å². The molecule has 0 saturated carbocycles. The molecule has 0 bridgehead atoms. The maximum Gasteiger partial charge on any atom is 0.119 e. The third-order valence-corrected chi connectivity index (χ3v) is 3.13. The summed E-state index contributed by atoms with van der Waals surface area (Å²) in [6, 6.07) is 8.42. The first kappa shape index (κ1) is 13.2. The van der Waals surface area contributed by atoms with Gasteiger partial charge in [-0.3, -0.25) is 0 Å². The maximum absolute atomic E-state index is 5.69. The van der Waals surface area contributed by atoms with Crippen LogP contribution in [-0.4, -0.2) is 58.3 Å². The first-order chi connectivity index (χ1) is 8.75. The number of nitrogens with zero attached hydrogens (tertiary/aromatic N) is 2. The molecule has 0 amide bonds. The summed E-state index contributed by atoms with van der Waals surface area (Å²) < 4.78 is 5.69. The SMILES string of the molecule is CN(C)CCOc1ccc(N2CCNCC2)cc1. The first-order valence-corrected chi connectivity index (χ1v) is 6.59. The molecule has 1 heterocycles. The van der Waals surface area contributed by atoms with E-state index in [0.717, 1.165) is 45.1 Å². The molecule has 0 spiro atoms. The second-order valence-corrected chi connectivity index (χ2v) is 4.88. The van der Waals surface area contributed by atoms with E-state index in [1.54, 1.807) is 0 Å². The Kier molecular flexibility index (Phi) is 4.84. The monoisotopic (exact) mass is 249 g/mol. The molecule has 100 valence electrons. The lowest BCUT2D eigenvalue weighted by Gasteiger charge is -2.29. The van der Waals surface area contributed by atoms with Crippen LogP contribution in [-0.2, 0) is 0 Å². The fraction of sp³-hybridized carbons (Fsp3) is 0.571. The molecule has 0 aliphatic carbocycles. The highest BCUT2D eigenvalue weighted by Crippen LogP contribution is 2.19. The first-order valence-electron chi connectivity index (χ1n) is 6.59. The van der Waals surface area contributed by atoms with Gasteiger partial charge < -0.3 is 19.9 Å². The molecule has 4 nitrogen and oxygen atoms in total. The molecule has 1 aliphatic rings. The number of piperazine rings is 1. The van der Waals surface area contributed by atoms with Crippen LogP contribution >= 0.6 is 0 Å². The third-order valence-electron chi connectivity index (χ3n) is 3.13. The predicted molar refractivity (Wildman–Crippen MR) is 75.6 cm³/mol. The maximum atomic E-state index is 5.69. The van der Waals surface area contributed by atoms with E-state index < -0.39 is 0 Å². The summed E-state index contributed by atoms with van der Waals surface area (Å²) in [6.45, 7) is 5.99. The summed E-state index contributed by atoms with van der Waals surface area (Å²) in [5, 5.41) is 3.36. The topological polar surface area (TPSA) is 27.7 Å². The lowest BCUT2D eigenvalue weighted by atomic mass is 10.2. The van der Waals surface area contributed by atoms with Crippen molar-refractivity contribution < 1.29 is 4.74 Å². The quantitative estimate of drug-likeness (QED) is 0.844. The molecule has 1 aromatic carbocycles. The summed E-state index contributed by atoms with van der Waals surface area (Å²) in [4.78, 5) is 4.52. The van der Waals surface area contributed by atoms with Crippen molar-refractivity contribution in [2.75, 3.05) is 58.3 Å². The molecule has 2 rings (SSSR count). The minimum absolute atomic E-state index is 0.736. The van der Waals surface area contributed by atoms with Crippen LogP contribution in [0.3, 0.4) is 0 Å². The molecule has 1 saturated heterocycles. The molecule has 1 fully saturated rings. The minimum Gasteiger partial charge on any atom is -0.492 e. The van der Waals surface area contributed by atoms with E-state index in [4.69, 9.17) is 4.74 Å². The fourth-order valence-electron chi connectivity index (χ4n) is 2.02. The Balaban J connectivity index is 1.84. The number of hydrogen-bond donors (Lipinski definition) is 1. The normalized spacial score (nSPS) is 16.1. The number of nitrogens with one attached hydrogen (secondary N) is 1. The average Bonchev–Trinajstić information content (AvgIpc) is 2.40. The summed E-state index contributed by atoms with van der Waals surface area (Å²) in [5.41, 5.74) is 1.29. The van der Waals surface area contributed by atoms with Gasteiger partial charge in [0.1, 0.15) is 12.4 Å². The molecule has 4 heteroatoms. The largest absolute Gasteiger partial charge is 0.492 e. The van der Waals surface area contributed by atoms with Crippen LogP contribution in [0, 0.1) is 0 Å². The van der Waals surface area contributed by atoms with Crippen molar-refractivity contribution in [1.29, 1.82) is 0 Å². The Morgan fingerprint density at radius 3 is 2.44 bits per heavy atom. The zero-order chi connectivity index (χ0) is 12.8. The van der Waals surface area contributed by atoms with E-state index in [1.807, 2.05) is 0 Å². The highest BCUT2D eigenvalue weighted by atomic mass is 16.5. The molecule has 0 atom stereocenters. The Morgan fingerprint density at radius 2 is 1.83 bits per heavy atom.